The number of imide groups is 2. The zero-order chi connectivity index (χ0) is 90.8. The van der Waals surface area contributed by atoms with E-state index in [1.807, 2.05) is 134 Å². The minimum absolute atomic E-state index is 0. The molecule has 6 aliphatic heterocycles. The van der Waals surface area contributed by atoms with E-state index in [4.69, 9.17) is 0 Å². The van der Waals surface area contributed by atoms with E-state index < -0.39 is 60.1 Å². The van der Waals surface area contributed by atoms with E-state index in [1.54, 1.807) is 36.4 Å². The van der Waals surface area contributed by atoms with Crippen LogP contribution in [0.4, 0.5) is 22.7 Å². The summed E-state index contributed by atoms with van der Waals surface area (Å²) < 4.78 is 86.1. The van der Waals surface area contributed by atoms with Crippen LogP contribution in [0.3, 0.4) is 0 Å². The summed E-state index contributed by atoms with van der Waals surface area (Å²) in [4.78, 5) is 94.9. The van der Waals surface area contributed by atoms with Crippen molar-refractivity contribution in [2.45, 2.75) is 188 Å². The standard InChI is InChI=1S/C94H114N10O18S4.2K/c1-13-99-75-45-37-63(123-121-119-111)59-71(75)91(3,4)79(99)31-19-15-22-34-82-94(9,10)74-62-66(126(116,117)118)40-48-78(74)102(82)56-26-18-24-36-84(106)96-50-28-52-98(12)54-30-58-104-89(109)69-43-41-67-85-68(42-44-70(86(69)85)90(104)110)88(108)103(87(67)107)57-29-53-97(11)51-27-49-95-83(105)35-23-17-25-55-101-77-46-38-64(124-122-120-112)60-72(77)92(5,6)81(101)33-21-16-20-32-80-93(7,8)73-61-65(125(113,114)115)39-47-76(73)100(80)14-2;;/h15-16,19-22,31-34,37-48,59-62H,13-14,17-18,23-30,35-36,49-58H2,1-12H3,(H4-2,95,96,105,106,111,112,113,114,115,116,117,118);;/q;2*+1/p-2. The molecule has 128 heavy (non-hydrogen) atoms. The van der Waals surface area contributed by atoms with Gasteiger partial charge in [-0.2, -0.15) is 17.8 Å². The molecule has 6 aromatic rings. The number of nitrogens with zero attached hydrogens (tertiary/aromatic N) is 8. The topological polar surface area (TPSA) is 349 Å². The molecule has 34 heteroatoms. The first-order valence-corrected chi connectivity index (χ1v) is 47.3. The van der Waals surface area contributed by atoms with Crippen molar-refractivity contribution in [3.63, 3.8) is 0 Å². The summed E-state index contributed by atoms with van der Waals surface area (Å²) in [6, 6.07) is 27.1. The summed E-state index contributed by atoms with van der Waals surface area (Å²) >= 11 is 1.69. The molecule has 0 unspecified atom stereocenters. The first-order valence-electron chi connectivity index (χ1n) is 43.0. The van der Waals surface area contributed by atoms with Crippen LogP contribution in [0.1, 0.15) is 210 Å². The van der Waals surface area contributed by atoms with Crippen LogP contribution in [-0.2, 0) is 70.2 Å². The molecule has 0 saturated heterocycles. The van der Waals surface area contributed by atoms with Crippen molar-refractivity contribution in [3.05, 3.63) is 214 Å². The number of amides is 6. The molecule has 0 atom stereocenters. The fourth-order valence-electron chi connectivity index (χ4n) is 18.4. The normalized spacial score (nSPS) is 17.2. The number of carbonyl (C=O) groups is 6. The van der Waals surface area contributed by atoms with Crippen LogP contribution in [0.25, 0.3) is 10.8 Å². The number of fused-ring (bicyclic) bond motifs is 4. The Labute approximate surface area is 844 Å². The maximum absolute atomic E-state index is 14.2. The third kappa shape index (κ3) is 23.2. The minimum Gasteiger partial charge on any atom is -0.744 e. The Bertz CT molecular complexity index is 5650. The number of anilines is 2. The molecule has 28 nitrogen and oxygen atoms in total. The Balaban J connectivity index is 0.00000853. The number of carbonyl (C=O) groups excluding carboxylic acids is 6. The average Bonchev–Trinajstić information content (AvgIpc) is 1.46. The van der Waals surface area contributed by atoms with E-state index in [0.29, 0.717) is 126 Å². The van der Waals surface area contributed by atoms with Crippen LogP contribution < -0.4 is 134 Å². The molecule has 0 spiro atoms. The molecule has 6 heterocycles. The molecule has 12 rings (SSSR count). The van der Waals surface area contributed by atoms with Crippen molar-refractivity contribution >= 4 is 125 Å². The number of hydrogen-bond donors (Lipinski definition) is 2. The molecule has 6 amide bonds. The summed E-state index contributed by atoms with van der Waals surface area (Å²) in [5.74, 6) is -2.08. The van der Waals surface area contributed by atoms with Gasteiger partial charge in [0.05, 0.1) is 44.7 Å². The van der Waals surface area contributed by atoms with Crippen molar-refractivity contribution in [3.8, 4) is 0 Å². The van der Waals surface area contributed by atoms with Crippen LogP contribution in [0.15, 0.2) is 189 Å². The SMILES string of the molecule is CC[N+]1=C(C=CC=CC=C2N(CCCCCC(=O)NCCCN(C)CCCN3C(=O)c4ccc5c6c(ccc(c46)C3=O)C(=O)N(CCCN(C)CCCNC(=O)CCCCCN3C(=CC=CC=CC4=[N+](CC)c6ccc(S(=O)(=O)[O-])cc6C4(C)C)C(C)(C)c4cc(SOO[O-])ccc43)C5=O)c3ccc(S(=O)(=O)[O-])cc3C2(C)C)C(C)(C)c2cc(SOO[O-])ccc21.[K+].[K+]. The Morgan fingerprint density at radius 2 is 0.789 bits per heavy atom. The van der Waals surface area contributed by atoms with E-state index in [9.17, 15) is 65.2 Å². The van der Waals surface area contributed by atoms with Crippen molar-refractivity contribution in [1.29, 1.82) is 0 Å². The van der Waals surface area contributed by atoms with Gasteiger partial charge in [0.15, 0.2) is 11.4 Å². The van der Waals surface area contributed by atoms with Gasteiger partial charge in [0.25, 0.3) is 23.6 Å². The second kappa shape index (κ2) is 45.1. The predicted molar refractivity (Wildman–Crippen MR) is 479 cm³/mol. The first-order chi connectivity index (χ1) is 60.0. The zero-order valence-corrected chi connectivity index (χ0v) is 85.1. The second-order valence-electron chi connectivity index (χ2n) is 34.7. The van der Waals surface area contributed by atoms with Crippen molar-refractivity contribution in [2.24, 2.45) is 0 Å². The molecule has 0 fully saturated rings. The van der Waals surface area contributed by atoms with Crippen molar-refractivity contribution < 1.29 is 196 Å². The summed E-state index contributed by atoms with van der Waals surface area (Å²) in [6.07, 6.45) is 27.4. The molecule has 0 aliphatic carbocycles. The van der Waals surface area contributed by atoms with Crippen LogP contribution >= 0.6 is 24.1 Å². The molecule has 2 N–H and O–H groups in total. The monoisotopic (exact) mass is 1870 g/mol. The second-order valence-corrected chi connectivity index (χ2v) is 39.0. The summed E-state index contributed by atoms with van der Waals surface area (Å²) in [5, 5.41) is 35.2. The third-order valence-electron chi connectivity index (χ3n) is 25.0. The van der Waals surface area contributed by atoms with Gasteiger partial charge in [-0.15, -0.1) is 0 Å². The van der Waals surface area contributed by atoms with E-state index in [2.05, 4.69) is 105 Å². The van der Waals surface area contributed by atoms with E-state index in [1.165, 1.54) is 34.1 Å². The van der Waals surface area contributed by atoms with Crippen LogP contribution in [0, 0.1) is 0 Å². The number of hydrogen-bond acceptors (Lipinski definition) is 24. The molecular formula is C94H112K2N10O18S4. The zero-order valence-electron chi connectivity index (χ0n) is 75.5. The molecular weight excluding hydrogens is 1760 g/mol. The Hall–Kier alpha value is -6.35. The minimum atomic E-state index is -4.71. The van der Waals surface area contributed by atoms with Crippen LogP contribution in [0.2, 0.25) is 0 Å². The fourth-order valence-corrected chi connectivity index (χ4v) is 20.2. The van der Waals surface area contributed by atoms with Gasteiger partial charge in [0.1, 0.15) is 33.3 Å². The maximum Gasteiger partial charge on any atom is 1.00 e. The van der Waals surface area contributed by atoms with Crippen molar-refractivity contribution in [1.82, 2.24) is 30.2 Å². The molecule has 6 aliphatic rings. The molecule has 0 radical (unpaired) electrons. The van der Waals surface area contributed by atoms with E-state index in [-0.39, 0.29) is 165 Å². The maximum atomic E-state index is 14.2. The average molecular weight is 1880 g/mol. The number of nitrogens with one attached hydrogen (secondary N) is 2. The Morgan fingerprint density at radius 3 is 1.20 bits per heavy atom. The van der Waals surface area contributed by atoms with E-state index in [0.717, 1.165) is 129 Å². The Kier molecular flexibility index (Phi) is 36.6. The number of unbranched alkanes of at least 4 members (excludes halogenated alkanes) is 4. The molecule has 672 valence electrons. The largest absolute Gasteiger partial charge is 1.00 e. The molecule has 0 aromatic heterocycles. The van der Waals surface area contributed by atoms with Crippen molar-refractivity contribution in [2.75, 3.05) is 102 Å². The summed E-state index contributed by atoms with van der Waals surface area (Å²) in [7, 11) is -5.45. The predicted octanol–water partition coefficient (Wildman–Crippen LogP) is 6.87. The van der Waals surface area contributed by atoms with E-state index >= 15 is 0 Å². The van der Waals surface area contributed by atoms with Crippen LogP contribution in [-0.4, -0.2) is 194 Å². The summed E-state index contributed by atoms with van der Waals surface area (Å²) in [5.41, 5.74) is 10.4. The number of rotatable bonds is 44. The Morgan fingerprint density at radius 1 is 0.438 bits per heavy atom. The quantitative estimate of drug-likeness (QED) is 0.00453. The van der Waals surface area contributed by atoms with Gasteiger partial charge in [-0.3, -0.25) is 48.6 Å². The smallest absolute Gasteiger partial charge is 0.744 e. The van der Waals surface area contributed by atoms with Gasteiger partial charge >= 0.3 is 103 Å². The van der Waals surface area contributed by atoms with Gasteiger partial charge in [-0.05, 0) is 241 Å². The third-order valence-corrected chi connectivity index (χ3v) is 27.8. The van der Waals surface area contributed by atoms with Gasteiger partial charge in [-0.1, -0.05) is 77.0 Å². The molecule has 0 saturated carbocycles. The molecule has 6 aromatic carbocycles. The number of allylic oxidation sites excluding steroid dienone is 12. The fraction of sp³-hybridized carbons (Fsp3) is 0.426. The van der Waals surface area contributed by atoms with Crippen LogP contribution in [0.5, 0.6) is 0 Å². The number of benzene rings is 6. The first kappa shape index (κ1) is 104. The van der Waals surface area contributed by atoms with Gasteiger partial charge < -0.3 is 49.9 Å². The molecule has 0 bridgehead atoms. The summed E-state index contributed by atoms with van der Waals surface area (Å²) in [6.45, 7) is 27.0. The van der Waals surface area contributed by atoms with Gasteiger partial charge in [0.2, 0.25) is 23.2 Å². The van der Waals surface area contributed by atoms with Gasteiger partial charge in [-0.25, -0.2) is 16.8 Å². The van der Waals surface area contributed by atoms with Gasteiger partial charge in [0, 0.05) is 164 Å².